The summed E-state index contributed by atoms with van der Waals surface area (Å²) >= 11 is 0. The Morgan fingerprint density at radius 2 is 1.57 bits per heavy atom. The van der Waals surface area contributed by atoms with E-state index in [1.54, 1.807) is 30.3 Å². The molecule has 3 aromatic heterocycles. The average molecular weight is 656 g/mol. The van der Waals surface area contributed by atoms with Crippen LogP contribution in [0.25, 0.3) is 38.8 Å². The molecule has 0 spiro atoms. The van der Waals surface area contributed by atoms with Crippen LogP contribution in [0.1, 0.15) is 1.37 Å². The minimum atomic E-state index is -3.80. The number of nitrogens with zero attached hydrogens (tertiary/aromatic N) is 3. The maximum Gasteiger partial charge on any atom is 2.00 e. The SMILES string of the molecule is [2H]c1ccc(-n2c3[c-]c(-c4[c-]c(S(=O)(=O)c5ccccn5)ccc4)ccc3c3ccccc32)nc1.[Pt+2]. The standard InChI is InChI=1S/C28H17N3O2S.Pt/c32-34(33,28-13-4-6-17-30-28)22-9-7-8-20(18-22)21-14-15-24-23-10-1-2-11-25(23)31(26(24)19-21)27-12-3-5-16-29-27;/h1-17H;/q-2;+2/i5D;. The number of hydrogen-bond donors (Lipinski definition) is 0. The number of benzene rings is 3. The van der Waals surface area contributed by atoms with Crippen LogP contribution in [-0.2, 0) is 30.9 Å². The van der Waals surface area contributed by atoms with Gasteiger partial charge >= 0.3 is 21.1 Å². The second-order valence-electron chi connectivity index (χ2n) is 7.70. The monoisotopic (exact) mass is 655 g/mol. The summed E-state index contributed by atoms with van der Waals surface area (Å²) in [5, 5.41) is 2.03. The molecule has 7 heteroatoms. The first-order chi connectivity index (χ1) is 17.0. The quantitative estimate of drug-likeness (QED) is 0.230. The fourth-order valence-electron chi connectivity index (χ4n) is 4.11. The first-order valence-electron chi connectivity index (χ1n) is 11.1. The third-order valence-corrected chi connectivity index (χ3v) is 7.28. The van der Waals surface area contributed by atoms with Crippen LogP contribution in [0.2, 0.25) is 0 Å². The second kappa shape index (κ2) is 9.21. The van der Waals surface area contributed by atoms with Crippen LogP contribution >= 0.6 is 0 Å². The van der Waals surface area contributed by atoms with E-state index in [2.05, 4.69) is 22.1 Å². The Hall–Kier alpha value is -3.60. The van der Waals surface area contributed by atoms with Gasteiger partial charge in [0.2, 0.25) is 9.84 Å². The predicted molar refractivity (Wildman–Crippen MR) is 131 cm³/mol. The molecule has 0 radical (unpaired) electrons. The zero-order chi connectivity index (χ0) is 24.0. The van der Waals surface area contributed by atoms with Crippen molar-refractivity contribution < 1.29 is 30.9 Å². The zero-order valence-electron chi connectivity index (χ0n) is 19.1. The summed E-state index contributed by atoms with van der Waals surface area (Å²) in [7, 11) is -3.80. The molecule has 35 heavy (non-hydrogen) atoms. The van der Waals surface area contributed by atoms with Crippen LogP contribution in [-0.4, -0.2) is 23.0 Å². The van der Waals surface area contributed by atoms with Gasteiger partial charge in [-0.2, -0.15) is 30.3 Å². The van der Waals surface area contributed by atoms with E-state index in [1.165, 1.54) is 24.5 Å². The predicted octanol–water partition coefficient (Wildman–Crippen LogP) is 5.67. The van der Waals surface area contributed by atoms with Crippen LogP contribution < -0.4 is 0 Å². The fourth-order valence-corrected chi connectivity index (χ4v) is 5.30. The van der Waals surface area contributed by atoms with Crippen molar-refractivity contribution in [1.82, 2.24) is 14.5 Å². The van der Waals surface area contributed by atoms with Crippen molar-refractivity contribution in [1.29, 1.82) is 0 Å². The number of sulfone groups is 1. The molecular formula is C28H17N3O2PtS. The molecule has 3 heterocycles. The van der Waals surface area contributed by atoms with E-state index >= 15 is 0 Å². The normalized spacial score (nSPS) is 11.8. The van der Waals surface area contributed by atoms with E-state index in [-0.39, 0.29) is 31.0 Å². The van der Waals surface area contributed by atoms with Crippen molar-refractivity contribution in [3.05, 3.63) is 115 Å². The molecule has 172 valence electrons. The largest absolute Gasteiger partial charge is 2.00 e. The van der Waals surface area contributed by atoms with E-state index in [4.69, 9.17) is 1.37 Å². The van der Waals surface area contributed by atoms with Gasteiger partial charge in [0.1, 0.15) is 5.82 Å². The summed E-state index contributed by atoms with van der Waals surface area (Å²) in [4.78, 5) is 8.52. The van der Waals surface area contributed by atoms with Gasteiger partial charge in [-0.3, -0.25) is 0 Å². The number of pyridine rings is 2. The molecule has 0 bridgehead atoms. The maximum absolute atomic E-state index is 13.1. The number of hydrogen-bond acceptors (Lipinski definition) is 4. The van der Waals surface area contributed by atoms with Gasteiger partial charge in [0.05, 0.1) is 1.37 Å². The topological polar surface area (TPSA) is 64.8 Å². The van der Waals surface area contributed by atoms with Gasteiger partial charge in [0, 0.05) is 17.9 Å². The van der Waals surface area contributed by atoms with E-state index in [0.717, 1.165) is 21.8 Å². The maximum atomic E-state index is 13.1. The third kappa shape index (κ3) is 3.99. The first kappa shape index (κ1) is 21.9. The first-order valence-corrected chi connectivity index (χ1v) is 12.1. The molecule has 0 aliphatic rings. The Morgan fingerprint density at radius 1 is 0.743 bits per heavy atom. The van der Waals surface area contributed by atoms with Gasteiger partial charge in [-0.05, 0) is 46.1 Å². The molecule has 0 atom stereocenters. The van der Waals surface area contributed by atoms with Crippen LogP contribution in [0, 0.1) is 12.1 Å². The Morgan fingerprint density at radius 3 is 2.37 bits per heavy atom. The van der Waals surface area contributed by atoms with Crippen molar-refractivity contribution in [3.63, 3.8) is 0 Å². The van der Waals surface area contributed by atoms with E-state index in [1.807, 2.05) is 47.0 Å². The molecule has 0 amide bonds. The molecule has 0 aliphatic carbocycles. The summed E-state index contributed by atoms with van der Waals surface area (Å²) in [6.45, 7) is 0. The number of aromatic nitrogens is 3. The smallest absolute Gasteiger partial charge is 0.314 e. The summed E-state index contributed by atoms with van der Waals surface area (Å²) in [5.41, 5.74) is 3.09. The molecule has 5 nitrogen and oxygen atoms in total. The molecule has 0 unspecified atom stereocenters. The molecule has 0 N–H and O–H groups in total. The molecule has 0 fully saturated rings. The van der Waals surface area contributed by atoms with Gasteiger partial charge in [0.25, 0.3) is 0 Å². The summed E-state index contributed by atoms with van der Waals surface area (Å²) in [6, 6.07) is 32.1. The summed E-state index contributed by atoms with van der Waals surface area (Å²) in [6.07, 6.45) is 2.97. The molecule has 0 saturated heterocycles. The van der Waals surface area contributed by atoms with Gasteiger partial charge in [-0.15, -0.1) is 12.1 Å². The van der Waals surface area contributed by atoms with Crippen LogP contribution in [0.3, 0.4) is 0 Å². The average Bonchev–Trinajstić information content (AvgIpc) is 3.23. The molecule has 6 rings (SSSR count). The molecule has 3 aromatic carbocycles. The van der Waals surface area contributed by atoms with Gasteiger partial charge < -0.3 is 4.57 Å². The minimum Gasteiger partial charge on any atom is -0.314 e. The Balaban J connectivity index is 0.00000267. The van der Waals surface area contributed by atoms with E-state index in [0.29, 0.717) is 23.0 Å². The fraction of sp³-hybridized carbons (Fsp3) is 0. The van der Waals surface area contributed by atoms with E-state index in [9.17, 15) is 8.42 Å². The van der Waals surface area contributed by atoms with Gasteiger partial charge in [-0.1, -0.05) is 35.7 Å². The Labute approximate surface area is 218 Å². The molecular weight excluding hydrogens is 637 g/mol. The van der Waals surface area contributed by atoms with Crippen molar-refractivity contribution in [2.24, 2.45) is 0 Å². The second-order valence-corrected chi connectivity index (χ2v) is 9.57. The Kier molecular flexibility index (Phi) is 5.77. The van der Waals surface area contributed by atoms with Crippen LogP contribution in [0.5, 0.6) is 0 Å². The molecule has 0 aliphatic heterocycles. The molecule has 0 saturated carbocycles. The molecule has 6 aromatic rings. The van der Waals surface area contributed by atoms with Gasteiger partial charge in [-0.25, -0.2) is 29.5 Å². The summed E-state index contributed by atoms with van der Waals surface area (Å²) < 4.78 is 36.0. The van der Waals surface area contributed by atoms with Crippen molar-refractivity contribution in [2.45, 2.75) is 9.92 Å². The van der Waals surface area contributed by atoms with Crippen molar-refractivity contribution in [3.8, 4) is 16.9 Å². The minimum absolute atomic E-state index is 0. The third-order valence-electron chi connectivity index (χ3n) is 5.67. The number of fused-ring (bicyclic) bond motifs is 3. The number of rotatable bonds is 4. The van der Waals surface area contributed by atoms with Crippen LogP contribution in [0.4, 0.5) is 0 Å². The van der Waals surface area contributed by atoms with E-state index < -0.39 is 9.84 Å². The zero-order valence-corrected chi connectivity index (χ0v) is 21.2. The summed E-state index contributed by atoms with van der Waals surface area (Å²) in [5.74, 6) is 0.677. The number of para-hydroxylation sites is 1. The van der Waals surface area contributed by atoms with Crippen molar-refractivity contribution in [2.75, 3.05) is 0 Å². The van der Waals surface area contributed by atoms with Crippen LogP contribution in [0.15, 0.2) is 113 Å². The Bertz CT molecular complexity index is 1820. The van der Waals surface area contributed by atoms with Gasteiger partial charge in [0.15, 0.2) is 5.03 Å². The van der Waals surface area contributed by atoms with Crippen molar-refractivity contribution >= 4 is 31.6 Å².